The van der Waals surface area contributed by atoms with Crippen LogP contribution in [0.1, 0.15) is 10.4 Å². The lowest BCUT2D eigenvalue weighted by atomic mass is 10.2. The number of anilines is 2. The molecule has 0 aliphatic carbocycles. The summed E-state index contributed by atoms with van der Waals surface area (Å²) >= 11 is 5.15. The van der Waals surface area contributed by atoms with Crippen molar-refractivity contribution in [1.29, 1.82) is 0 Å². The molecule has 108 valence electrons. The van der Waals surface area contributed by atoms with Gasteiger partial charge in [0, 0.05) is 11.4 Å². The molecular formula is C15H13FN2O2S. The predicted molar refractivity (Wildman–Crippen MR) is 84.0 cm³/mol. The minimum Gasteiger partial charge on any atom is -0.465 e. The molecule has 2 rings (SSSR count). The highest BCUT2D eigenvalue weighted by Crippen LogP contribution is 2.12. The summed E-state index contributed by atoms with van der Waals surface area (Å²) in [4.78, 5) is 11.3. The molecule has 21 heavy (non-hydrogen) atoms. The molecule has 0 heterocycles. The first-order valence-corrected chi connectivity index (χ1v) is 6.51. The van der Waals surface area contributed by atoms with Crippen LogP contribution in [0.2, 0.25) is 0 Å². The van der Waals surface area contributed by atoms with Gasteiger partial charge in [0.15, 0.2) is 5.11 Å². The van der Waals surface area contributed by atoms with Crippen molar-refractivity contribution >= 4 is 34.7 Å². The first kappa shape index (κ1) is 14.9. The van der Waals surface area contributed by atoms with Gasteiger partial charge in [0.25, 0.3) is 0 Å². The van der Waals surface area contributed by atoms with Crippen LogP contribution in [0.25, 0.3) is 0 Å². The summed E-state index contributed by atoms with van der Waals surface area (Å²) in [7, 11) is 1.33. The fraction of sp³-hybridized carbons (Fsp3) is 0.0667. The van der Waals surface area contributed by atoms with Gasteiger partial charge in [0.1, 0.15) is 5.82 Å². The summed E-state index contributed by atoms with van der Waals surface area (Å²) in [6.07, 6.45) is 0. The summed E-state index contributed by atoms with van der Waals surface area (Å²) in [6.45, 7) is 0. The van der Waals surface area contributed by atoms with Gasteiger partial charge >= 0.3 is 5.97 Å². The number of halogens is 1. The lowest BCUT2D eigenvalue weighted by Crippen LogP contribution is -2.19. The van der Waals surface area contributed by atoms with Crippen LogP contribution in [-0.2, 0) is 4.74 Å². The molecule has 0 radical (unpaired) electrons. The molecular weight excluding hydrogens is 291 g/mol. The van der Waals surface area contributed by atoms with Gasteiger partial charge in [-0.25, -0.2) is 9.18 Å². The van der Waals surface area contributed by atoms with Crippen LogP contribution >= 0.6 is 12.2 Å². The predicted octanol–water partition coefficient (Wildman–Crippen LogP) is 3.42. The number of nitrogens with one attached hydrogen (secondary N) is 2. The molecule has 0 amide bonds. The van der Waals surface area contributed by atoms with E-state index in [1.54, 1.807) is 36.4 Å². The Balaban J connectivity index is 1.96. The fourth-order valence-electron chi connectivity index (χ4n) is 1.63. The molecule has 2 N–H and O–H groups in total. The van der Waals surface area contributed by atoms with Crippen molar-refractivity contribution < 1.29 is 13.9 Å². The number of carbonyl (C=O) groups excluding carboxylic acids is 1. The lowest BCUT2D eigenvalue weighted by molar-refractivity contribution is 0.0601. The van der Waals surface area contributed by atoms with E-state index in [0.717, 1.165) is 5.69 Å². The number of esters is 1. The molecule has 0 saturated carbocycles. The van der Waals surface area contributed by atoms with Gasteiger partial charge < -0.3 is 15.4 Å². The summed E-state index contributed by atoms with van der Waals surface area (Å²) in [5, 5.41) is 6.26. The molecule has 0 fully saturated rings. The van der Waals surface area contributed by atoms with Gasteiger partial charge in [-0.2, -0.15) is 0 Å². The normalized spacial score (nSPS) is 9.81. The smallest absolute Gasteiger partial charge is 0.337 e. The lowest BCUT2D eigenvalue weighted by Gasteiger charge is -2.10. The van der Waals surface area contributed by atoms with Gasteiger partial charge in [-0.1, -0.05) is 0 Å². The number of methoxy groups -OCH3 is 1. The second-order valence-corrected chi connectivity index (χ2v) is 4.56. The van der Waals surface area contributed by atoms with E-state index in [2.05, 4.69) is 15.4 Å². The van der Waals surface area contributed by atoms with E-state index < -0.39 is 5.97 Å². The van der Waals surface area contributed by atoms with Gasteiger partial charge in [0.05, 0.1) is 12.7 Å². The van der Waals surface area contributed by atoms with Crippen molar-refractivity contribution in [3.63, 3.8) is 0 Å². The molecule has 0 aliphatic rings. The zero-order valence-corrected chi connectivity index (χ0v) is 12.0. The van der Waals surface area contributed by atoms with Crippen molar-refractivity contribution in [2.75, 3.05) is 17.7 Å². The first-order chi connectivity index (χ1) is 10.1. The Morgan fingerprint density at radius 2 is 1.48 bits per heavy atom. The largest absolute Gasteiger partial charge is 0.465 e. The molecule has 2 aromatic carbocycles. The van der Waals surface area contributed by atoms with E-state index in [0.29, 0.717) is 16.4 Å². The highest BCUT2D eigenvalue weighted by atomic mass is 32.1. The molecule has 0 spiro atoms. The van der Waals surface area contributed by atoms with E-state index in [4.69, 9.17) is 12.2 Å². The number of carbonyl (C=O) groups is 1. The Hall–Kier alpha value is -2.47. The van der Waals surface area contributed by atoms with Crippen LogP contribution in [0, 0.1) is 5.82 Å². The molecule has 2 aromatic rings. The Bertz CT molecular complexity index is 642. The number of benzene rings is 2. The van der Waals surface area contributed by atoms with Gasteiger partial charge in [-0.15, -0.1) is 0 Å². The zero-order valence-electron chi connectivity index (χ0n) is 11.2. The minimum atomic E-state index is -0.395. The van der Waals surface area contributed by atoms with Gasteiger partial charge in [0.2, 0.25) is 0 Å². The van der Waals surface area contributed by atoms with Crippen LogP contribution in [0.5, 0.6) is 0 Å². The molecule has 6 heteroatoms. The van der Waals surface area contributed by atoms with E-state index >= 15 is 0 Å². The van der Waals surface area contributed by atoms with E-state index in [9.17, 15) is 9.18 Å². The van der Waals surface area contributed by atoms with Crippen molar-refractivity contribution in [3.05, 3.63) is 59.9 Å². The maximum atomic E-state index is 12.8. The van der Waals surface area contributed by atoms with Gasteiger partial charge in [-0.3, -0.25) is 0 Å². The van der Waals surface area contributed by atoms with E-state index in [1.165, 1.54) is 19.2 Å². The Morgan fingerprint density at radius 1 is 1.00 bits per heavy atom. The number of hydrogen-bond donors (Lipinski definition) is 2. The van der Waals surface area contributed by atoms with Crippen LogP contribution < -0.4 is 10.6 Å². The molecule has 0 bridgehead atoms. The van der Waals surface area contributed by atoms with Crippen molar-refractivity contribution in [1.82, 2.24) is 0 Å². The van der Waals surface area contributed by atoms with Crippen molar-refractivity contribution in [2.24, 2.45) is 0 Å². The molecule has 0 aromatic heterocycles. The average molecular weight is 304 g/mol. The van der Waals surface area contributed by atoms with Gasteiger partial charge in [-0.05, 0) is 60.7 Å². The molecule has 0 aliphatic heterocycles. The highest BCUT2D eigenvalue weighted by molar-refractivity contribution is 7.80. The summed E-state index contributed by atoms with van der Waals surface area (Å²) < 4.78 is 17.4. The second kappa shape index (κ2) is 6.81. The Labute approximate surface area is 126 Å². The van der Waals surface area contributed by atoms with Crippen LogP contribution in [0.4, 0.5) is 15.8 Å². The number of ether oxygens (including phenoxy) is 1. The van der Waals surface area contributed by atoms with Crippen LogP contribution in [-0.4, -0.2) is 18.2 Å². The SMILES string of the molecule is COC(=O)c1ccc(NC(=S)Nc2ccc(F)cc2)cc1. The molecule has 0 atom stereocenters. The molecule has 4 nitrogen and oxygen atoms in total. The Kier molecular flexibility index (Phi) is 4.84. The first-order valence-electron chi connectivity index (χ1n) is 6.10. The summed E-state index contributed by atoms with van der Waals surface area (Å²) in [5.74, 6) is -0.702. The minimum absolute atomic E-state index is 0.308. The van der Waals surface area contributed by atoms with E-state index in [-0.39, 0.29) is 5.82 Å². The zero-order chi connectivity index (χ0) is 15.2. The number of hydrogen-bond acceptors (Lipinski definition) is 3. The molecule has 0 unspecified atom stereocenters. The highest BCUT2D eigenvalue weighted by Gasteiger charge is 2.05. The van der Waals surface area contributed by atoms with Crippen LogP contribution in [0.3, 0.4) is 0 Å². The average Bonchev–Trinajstić information content (AvgIpc) is 2.49. The third-order valence-electron chi connectivity index (χ3n) is 2.67. The third-order valence-corrected chi connectivity index (χ3v) is 2.87. The standard InChI is InChI=1S/C15H13FN2O2S/c1-20-14(19)10-2-6-12(7-3-10)17-15(21)18-13-8-4-11(16)5-9-13/h2-9H,1H3,(H2,17,18,21). The number of rotatable bonds is 3. The monoisotopic (exact) mass is 304 g/mol. The topological polar surface area (TPSA) is 50.4 Å². The second-order valence-electron chi connectivity index (χ2n) is 4.15. The number of thiocarbonyl (C=S) groups is 1. The van der Waals surface area contributed by atoms with Crippen molar-refractivity contribution in [2.45, 2.75) is 0 Å². The van der Waals surface area contributed by atoms with Crippen molar-refractivity contribution in [3.8, 4) is 0 Å². The maximum absolute atomic E-state index is 12.8. The quantitative estimate of drug-likeness (QED) is 0.672. The third kappa shape index (κ3) is 4.25. The Morgan fingerprint density at radius 3 is 1.95 bits per heavy atom. The summed E-state index contributed by atoms with van der Waals surface area (Å²) in [6, 6.07) is 12.6. The summed E-state index contributed by atoms with van der Waals surface area (Å²) in [5.41, 5.74) is 1.86. The molecule has 0 saturated heterocycles. The fourth-order valence-corrected chi connectivity index (χ4v) is 1.87. The van der Waals surface area contributed by atoms with E-state index in [1.807, 2.05) is 0 Å². The maximum Gasteiger partial charge on any atom is 0.337 e. The van der Waals surface area contributed by atoms with Crippen LogP contribution in [0.15, 0.2) is 48.5 Å².